The monoisotopic (exact) mass is 428 g/mol. The first-order valence-corrected chi connectivity index (χ1v) is 11.5. The van der Waals surface area contributed by atoms with E-state index in [2.05, 4.69) is 20.0 Å². The van der Waals surface area contributed by atoms with E-state index in [0.29, 0.717) is 18.0 Å². The van der Waals surface area contributed by atoms with Crippen molar-refractivity contribution in [3.05, 3.63) is 53.7 Å². The Labute approximate surface area is 175 Å². The van der Waals surface area contributed by atoms with E-state index in [1.165, 1.54) is 18.9 Å². The lowest BCUT2D eigenvalue weighted by Crippen LogP contribution is -2.25. The van der Waals surface area contributed by atoms with Gasteiger partial charge in [-0.15, -0.1) is 0 Å². The lowest BCUT2D eigenvalue weighted by atomic mass is 10.2. The average Bonchev–Trinajstić information content (AvgIpc) is 3.33. The predicted molar refractivity (Wildman–Crippen MR) is 112 cm³/mol. The Morgan fingerprint density at radius 3 is 2.87 bits per heavy atom. The zero-order valence-electron chi connectivity index (χ0n) is 16.5. The molecule has 1 aromatic heterocycles. The number of ether oxygens (including phenoxy) is 1. The van der Waals surface area contributed by atoms with Crippen molar-refractivity contribution in [1.29, 1.82) is 0 Å². The van der Waals surface area contributed by atoms with Crippen LogP contribution < -0.4 is 14.8 Å². The van der Waals surface area contributed by atoms with Gasteiger partial charge in [0.05, 0.1) is 11.4 Å². The molecule has 1 amide bonds. The fraction of sp³-hybridized carbons (Fsp3) is 0.381. The lowest BCUT2D eigenvalue weighted by Gasteiger charge is -2.12. The van der Waals surface area contributed by atoms with Crippen LogP contribution in [-0.4, -0.2) is 37.8 Å². The Kier molecular flexibility index (Phi) is 5.98. The molecular formula is C21H24N4O4S. The molecule has 2 aliphatic rings. The number of pyridine rings is 1. The number of sulfonamides is 1. The molecule has 2 N–H and O–H groups in total. The Balaban J connectivity index is 1.27. The van der Waals surface area contributed by atoms with E-state index in [1.54, 1.807) is 24.4 Å². The summed E-state index contributed by atoms with van der Waals surface area (Å²) in [4.78, 5) is 20.9. The molecule has 1 aliphatic carbocycles. The van der Waals surface area contributed by atoms with Crippen LogP contribution in [0.2, 0.25) is 0 Å². The molecule has 8 nitrogen and oxygen atoms in total. The third-order valence-corrected chi connectivity index (χ3v) is 6.55. The lowest BCUT2D eigenvalue weighted by molar-refractivity contribution is -0.121. The largest absolute Gasteiger partial charge is 0.474 e. The number of fused-ring (bicyclic) bond motifs is 1. The number of carbonyl (C=O) groups is 1. The van der Waals surface area contributed by atoms with E-state index in [0.717, 1.165) is 18.4 Å². The van der Waals surface area contributed by atoms with Crippen LogP contribution in [0.25, 0.3) is 0 Å². The highest BCUT2D eigenvalue weighted by Gasteiger charge is 2.29. The van der Waals surface area contributed by atoms with Crippen LogP contribution in [0.4, 0.5) is 0 Å². The minimum atomic E-state index is -3.56. The maximum Gasteiger partial charge on any atom is 0.263 e. The molecule has 0 spiro atoms. The number of amidine groups is 1. The van der Waals surface area contributed by atoms with Gasteiger partial charge in [0.15, 0.2) is 0 Å². The van der Waals surface area contributed by atoms with Gasteiger partial charge in [0.25, 0.3) is 10.0 Å². The van der Waals surface area contributed by atoms with E-state index in [-0.39, 0.29) is 35.7 Å². The molecule has 1 aliphatic heterocycles. The highest BCUT2D eigenvalue weighted by Crippen LogP contribution is 2.23. The Morgan fingerprint density at radius 2 is 2.03 bits per heavy atom. The molecule has 30 heavy (non-hydrogen) atoms. The van der Waals surface area contributed by atoms with Crippen LogP contribution >= 0.6 is 0 Å². The van der Waals surface area contributed by atoms with E-state index in [1.807, 2.05) is 12.1 Å². The van der Waals surface area contributed by atoms with Gasteiger partial charge in [0, 0.05) is 30.8 Å². The number of aliphatic imine (C=N–C) groups is 1. The Morgan fingerprint density at radius 1 is 1.23 bits per heavy atom. The van der Waals surface area contributed by atoms with Gasteiger partial charge in [-0.25, -0.2) is 13.4 Å². The smallest absolute Gasteiger partial charge is 0.263 e. The van der Waals surface area contributed by atoms with Gasteiger partial charge in [-0.3, -0.25) is 14.5 Å². The van der Waals surface area contributed by atoms with Gasteiger partial charge < -0.3 is 10.1 Å². The van der Waals surface area contributed by atoms with E-state index in [9.17, 15) is 13.2 Å². The SMILES string of the molecule is O=C(CCN=C1NS(=O)(=O)c2ccccc21)NCc1ccnc(OC2CCCC2)c1. The second kappa shape index (κ2) is 8.83. The number of hydrogen-bond donors (Lipinski definition) is 2. The molecule has 1 aromatic carbocycles. The number of hydrogen-bond acceptors (Lipinski definition) is 6. The summed E-state index contributed by atoms with van der Waals surface area (Å²) in [6.45, 7) is 0.554. The Bertz CT molecular complexity index is 1060. The fourth-order valence-corrected chi connectivity index (χ4v) is 4.86. The van der Waals surface area contributed by atoms with Gasteiger partial charge in [0.1, 0.15) is 11.9 Å². The van der Waals surface area contributed by atoms with Crippen molar-refractivity contribution in [2.75, 3.05) is 6.54 Å². The standard InChI is InChI=1S/C21H24N4O4S/c26-19(10-12-23-21-17-7-3-4-8-18(17)30(27,28)25-21)24-14-15-9-11-22-20(13-15)29-16-5-1-2-6-16/h3-4,7-9,11,13,16H,1-2,5-6,10,12,14H2,(H,23,25)(H,24,26). The summed E-state index contributed by atoms with van der Waals surface area (Å²) in [7, 11) is -3.56. The van der Waals surface area contributed by atoms with Crippen molar-refractivity contribution in [1.82, 2.24) is 15.0 Å². The van der Waals surface area contributed by atoms with Crippen molar-refractivity contribution < 1.29 is 17.9 Å². The summed E-state index contributed by atoms with van der Waals surface area (Å²) in [5, 5.41) is 2.85. The zero-order chi connectivity index (χ0) is 21.0. The molecule has 1 fully saturated rings. The van der Waals surface area contributed by atoms with Crippen molar-refractivity contribution >= 4 is 21.8 Å². The molecule has 1 saturated carbocycles. The molecule has 0 radical (unpaired) electrons. The summed E-state index contributed by atoms with van der Waals surface area (Å²) < 4.78 is 32.5. The van der Waals surface area contributed by atoms with E-state index in [4.69, 9.17) is 4.74 Å². The van der Waals surface area contributed by atoms with E-state index < -0.39 is 10.0 Å². The summed E-state index contributed by atoms with van der Waals surface area (Å²) in [5.41, 5.74) is 1.44. The van der Waals surface area contributed by atoms with Crippen LogP contribution in [0.1, 0.15) is 43.2 Å². The second-order valence-electron chi connectivity index (χ2n) is 7.39. The minimum Gasteiger partial charge on any atom is -0.474 e. The quantitative estimate of drug-likeness (QED) is 0.702. The average molecular weight is 429 g/mol. The minimum absolute atomic E-state index is 0.157. The van der Waals surface area contributed by atoms with Crippen molar-refractivity contribution in [3.8, 4) is 5.88 Å². The number of aromatic nitrogens is 1. The van der Waals surface area contributed by atoms with Crippen LogP contribution in [0.15, 0.2) is 52.5 Å². The molecule has 2 aromatic rings. The Hall–Kier alpha value is -2.94. The molecule has 0 saturated heterocycles. The van der Waals surface area contributed by atoms with Crippen LogP contribution in [0.5, 0.6) is 5.88 Å². The summed E-state index contributed by atoms with van der Waals surface area (Å²) >= 11 is 0. The zero-order valence-corrected chi connectivity index (χ0v) is 17.3. The maximum atomic E-state index is 12.2. The number of nitrogens with zero attached hydrogens (tertiary/aromatic N) is 2. The van der Waals surface area contributed by atoms with Crippen LogP contribution in [-0.2, 0) is 21.4 Å². The fourth-order valence-electron chi connectivity index (χ4n) is 3.61. The molecule has 0 bridgehead atoms. The molecule has 0 unspecified atom stereocenters. The van der Waals surface area contributed by atoms with Crippen LogP contribution in [0, 0.1) is 0 Å². The van der Waals surface area contributed by atoms with Crippen molar-refractivity contribution in [2.45, 2.75) is 49.6 Å². The molecule has 9 heteroatoms. The summed E-state index contributed by atoms with van der Waals surface area (Å²) in [6.07, 6.45) is 6.58. The summed E-state index contributed by atoms with van der Waals surface area (Å²) in [5.74, 6) is 0.706. The third kappa shape index (κ3) is 4.79. The molecule has 2 heterocycles. The normalized spacial score (nSPS) is 18.7. The second-order valence-corrected chi connectivity index (χ2v) is 9.04. The number of rotatable bonds is 7. The first kappa shape index (κ1) is 20.3. The highest BCUT2D eigenvalue weighted by molar-refractivity contribution is 7.90. The molecular weight excluding hydrogens is 404 g/mol. The van der Waals surface area contributed by atoms with Gasteiger partial charge >= 0.3 is 0 Å². The van der Waals surface area contributed by atoms with Gasteiger partial charge in [-0.1, -0.05) is 12.1 Å². The number of carbonyl (C=O) groups excluding carboxylic acids is 1. The molecule has 0 atom stereocenters. The number of benzene rings is 1. The number of nitrogens with one attached hydrogen (secondary N) is 2. The van der Waals surface area contributed by atoms with Gasteiger partial charge in [-0.2, -0.15) is 0 Å². The highest BCUT2D eigenvalue weighted by atomic mass is 32.2. The van der Waals surface area contributed by atoms with E-state index >= 15 is 0 Å². The first-order valence-electron chi connectivity index (χ1n) is 10.1. The first-order chi connectivity index (χ1) is 14.5. The van der Waals surface area contributed by atoms with Gasteiger partial charge in [-0.05, 0) is 49.4 Å². The maximum absolute atomic E-state index is 12.2. The predicted octanol–water partition coefficient (Wildman–Crippen LogP) is 2.15. The third-order valence-electron chi connectivity index (χ3n) is 5.15. The van der Waals surface area contributed by atoms with Crippen molar-refractivity contribution in [3.63, 3.8) is 0 Å². The molecule has 4 rings (SSSR count). The molecule has 158 valence electrons. The van der Waals surface area contributed by atoms with Gasteiger partial charge in [0.2, 0.25) is 11.8 Å². The number of amides is 1. The summed E-state index contributed by atoms with van der Waals surface area (Å²) in [6, 6.07) is 10.3. The van der Waals surface area contributed by atoms with Crippen LogP contribution in [0.3, 0.4) is 0 Å². The van der Waals surface area contributed by atoms with Crippen molar-refractivity contribution in [2.24, 2.45) is 4.99 Å². The topological polar surface area (TPSA) is 110 Å².